The number of aldehydes is 1. The van der Waals surface area contributed by atoms with Crippen LogP contribution in [0.25, 0.3) is 0 Å². The van der Waals surface area contributed by atoms with Crippen molar-refractivity contribution >= 4 is 13.4 Å². The zero-order valence-corrected chi connectivity index (χ0v) is 4.03. The van der Waals surface area contributed by atoms with Crippen LogP contribution in [0.3, 0.4) is 0 Å². The van der Waals surface area contributed by atoms with E-state index in [4.69, 9.17) is 10.0 Å². The van der Waals surface area contributed by atoms with Gasteiger partial charge in [-0.3, -0.25) is 0 Å². The first kappa shape index (κ1) is 6.65. The van der Waals surface area contributed by atoms with E-state index in [0.29, 0.717) is 6.29 Å². The highest BCUT2D eigenvalue weighted by atomic mass is 16.4. The third kappa shape index (κ3) is 2.36. The zero-order chi connectivity index (χ0) is 5.86. The van der Waals surface area contributed by atoms with E-state index in [1.807, 2.05) is 0 Å². The Balaban J connectivity index is 3.33. The molecule has 0 radical (unpaired) electrons. The summed E-state index contributed by atoms with van der Waals surface area (Å²) in [4.78, 5) is 9.63. The third-order valence-electron chi connectivity index (χ3n) is 0.685. The second-order valence-corrected chi connectivity index (χ2v) is 1.41. The molecule has 2 N–H and O–H groups in total. The van der Waals surface area contributed by atoms with Crippen molar-refractivity contribution in [3.05, 3.63) is 0 Å². The van der Waals surface area contributed by atoms with E-state index >= 15 is 0 Å². The fraction of sp³-hybridized carbons (Fsp3) is 0.667. The molecule has 0 bridgehead atoms. The molecule has 4 heteroatoms. The summed E-state index contributed by atoms with van der Waals surface area (Å²) in [6, 6.07) is 0. The molecule has 0 aromatic heterocycles. The maximum atomic E-state index is 9.63. The van der Waals surface area contributed by atoms with E-state index in [0.717, 1.165) is 0 Å². The van der Waals surface area contributed by atoms with E-state index in [2.05, 4.69) is 0 Å². The van der Waals surface area contributed by atoms with Crippen LogP contribution < -0.4 is 0 Å². The lowest BCUT2D eigenvalue weighted by Crippen LogP contribution is -2.18. The van der Waals surface area contributed by atoms with Gasteiger partial charge in [0.25, 0.3) is 0 Å². The molecule has 0 rings (SSSR count). The van der Waals surface area contributed by atoms with Crippen molar-refractivity contribution in [2.75, 3.05) is 0 Å². The topological polar surface area (TPSA) is 57.5 Å². The fourth-order valence-corrected chi connectivity index (χ4v) is 0.0703. The highest BCUT2D eigenvalue weighted by Crippen LogP contribution is 1.96. The lowest BCUT2D eigenvalue weighted by atomic mass is 9.75. The Morgan fingerprint density at radius 3 is 2.14 bits per heavy atom. The SMILES string of the molecule is CC(C=O)B(O)O. The fourth-order valence-electron chi connectivity index (χ4n) is 0.0703. The van der Waals surface area contributed by atoms with Crippen LogP contribution in [0.2, 0.25) is 5.82 Å². The summed E-state index contributed by atoms with van der Waals surface area (Å²) >= 11 is 0. The monoisotopic (exact) mass is 102 g/mol. The van der Waals surface area contributed by atoms with Gasteiger partial charge in [0, 0.05) is 5.82 Å². The van der Waals surface area contributed by atoms with E-state index in [1.165, 1.54) is 6.92 Å². The first-order valence-corrected chi connectivity index (χ1v) is 2.00. The number of carbonyl (C=O) groups excluding carboxylic acids is 1. The van der Waals surface area contributed by atoms with Gasteiger partial charge in [-0.1, -0.05) is 6.92 Å². The maximum absolute atomic E-state index is 9.63. The number of hydrogen-bond donors (Lipinski definition) is 2. The predicted molar refractivity (Wildman–Crippen MR) is 25.7 cm³/mol. The molecule has 3 nitrogen and oxygen atoms in total. The van der Waals surface area contributed by atoms with Gasteiger partial charge in [-0.2, -0.15) is 0 Å². The molecule has 7 heavy (non-hydrogen) atoms. The second kappa shape index (κ2) is 2.77. The lowest BCUT2D eigenvalue weighted by Gasteiger charge is -1.95. The average Bonchev–Trinajstić information content (AvgIpc) is 1.65. The molecule has 0 aliphatic carbocycles. The Morgan fingerprint density at radius 2 is 2.14 bits per heavy atom. The largest absolute Gasteiger partial charge is 0.461 e. The van der Waals surface area contributed by atoms with Crippen LogP contribution in [-0.4, -0.2) is 23.5 Å². The molecule has 1 unspecified atom stereocenters. The minimum absolute atomic E-state index is 0.491. The number of carbonyl (C=O) groups is 1. The highest BCUT2D eigenvalue weighted by Gasteiger charge is 2.15. The summed E-state index contributed by atoms with van der Waals surface area (Å²) < 4.78 is 0. The smallest absolute Gasteiger partial charge is 0.427 e. The van der Waals surface area contributed by atoms with Gasteiger partial charge in [0.15, 0.2) is 0 Å². The van der Waals surface area contributed by atoms with Gasteiger partial charge in [-0.15, -0.1) is 0 Å². The van der Waals surface area contributed by atoms with Crippen molar-refractivity contribution < 1.29 is 14.8 Å². The average molecular weight is 102 g/mol. The third-order valence-corrected chi connectivity index (χ3v) is 0.685. The molecule has 0 amide bonds. The first-order valence-electron chi connectivity index (χ1n) is 2.00. The quantitative estimate of drug-likeness (QED) is 0.349. The van der Waals surface area contributed by atoms with Gasteiger partial charge < -0.3 is 14.8 Å². The molecular formula is C3H7BO3. The first-order chi connectivity index (χ1) is 3.18. The van der Waals surface area contributed by atoms with Crippen molar-refractivity contribution in [1.82, 2.24) is 0 Å². The molecule has 0 aliphatic heterocycles. The molecule has 0 spiro atoms. The molecule has 0 aromatic rings. The standard InChI is InChI=1S/C3H7BO3/c1-3(2-5)4(6)7/h2-3,6-7H,1H3. The Bertz CT molecular complexity index is 63.2. The Kier molecular flexibility index (Phi) is 2.63. The molecule has 1 atom stereocenters. The molecule has 0 heterocycles. The molecule has 0 saturated carbocycles. The van der Waals surface area contributed by atoms with Gasteiger partial charge in [0.2, 0.25) is 0 Å². The summed E-state index contributed by atoms with van der Waals surface area (Å²) in [5, 5.41) is 16.3. The molecule has 40 valence electrons. The number of hydrogen-bond acceptors (Lipinski definition) is 3. The van der Waals surface area contributed by atoms with Crippen molar-refractivity contribution in [1.29, 1.82) is 0 Å². The van der Waals surface area contributed by atoms with E-state index in [9.17, 15) is 4.79 Å². The molecular weight excluding hydrogens is 94.8 g/mol. The van der Waals surface area contributed by atoms with Crippen LogP contribution in [-0.2, 0) is 4.79 Å². The Morgan fingerprint density at radius 1 is 1.71 bits per heavy atom. The van der Waals surface area contributed by atoms with E-state index in [1.54, 1.807) is 0 Å². The van der Waals surface area contributed by atoms with Crippen molar-refractivity contribution in [3.63, 3.8) is 0 Å². The highest BCUT2D eigenvalue weighted by molar-refractivity contribution is 6.47. The summed E-state index contributed by atoms with van der Waals surface area (Å²) in [6.45, 7) is 1.43. The van der Waals surface area contributed by atoms with Crippen LogP contribution in [0.1, 0.15) is 6.92 Å². The van der Waals surface area contributed by atoms with Crippen molar-refractivity contribution in [2.24, 2.45) is 0 Å². The van der Waals surface area contributed by atoms with Crippen LogP contribution in [0.4, 0.5) is 0 Å². The van der Waals surface area contributed by atoms with E-state index < -0.39 is 12.9 Å². The summed E-state index contributed by atoms with van der Waals surface area (Å²) in [5.74, 6) is -0.667. The van der Waals surface area contributed by atoms with Gasteiger partial charge >= 0.3 is 7.12 Å². The Labute approximate surface area is 42.1 Å². The molecule has 0 aliphatic rings. The molecule has 0 saturated heterocycles. The summed E-state index contributed by atoms with van der Waals surface area (Å²) in [7, 11) is -1.50. The zero-order valence-electron chi connectivity index (χ0n) is 4.03. The normalized spacial score (nSPS) is 13.0. The Hall–Kier alpha value is -0.345. The molecule has 0 fully saturated rings. The van der Waals surface area contributed by atoms with Gasteiger partial charge in [-0.25, -0.2) is 0 Å². The summed E-state index contributed by atoms with van der Waals surface area (Å²) in [5.41, 5.74) is 0. The van der Waals surface area contributed by atoms with E-state index in [-0.39, 0.29) is 0 Å². The predicted octanol–water partition coefficient (Wildman–Crippen LogP) is -0.952. The van der Waals surface area contributed by atoms with Crippen LogP contribution in [0, 0.1) is 0 Å². The molecule has 0 aromatic carbocycles. The van der Waals surface area contributed by atoms with Gasteiger partial charge in [-0.05, 0) is 0 Å². The minimum Gasteiger partial charge on any atom is -0.427 e. The minimum atomic E-state index is -1.50. The van der Waals surface area contributed by atoms with Crippen LogP contribution >= 0.6 is 0 Å². The maximum Gasteiger partial charge on any atom is 0.461 e. The second-order valence-electron chi connectivity index (χ2n) is 1.41. The number of rotatable bonds is 2. The van der Waals surface area contributed by atoms with Crippen molar-refractivity contribution in [3.8, 4) is 0 Å². The lowest BCUT2D eigenvalue weighted by molar-refractivity contribution is -0.107. The van der Waals surface area contributed by atoms with Crippen LogP contribution in [0.5, 0.6) is 0 Å². The van der Waals surface area contributed by atoms with Crippen LogP contribution in [0.15, 0.2) is 0 Å². The van der Waals surface area contributed by atoms with Crippen molar-refractivity contribution in [2.45, 2.75) is 12.7 Å². The van der Waals surface area contributed by atoms with Gasteiger partial charge in [0.1, 0.15) is 6.29 Å². The van der Waals surface area contributed by atoms with Gasteiger partial charge in [0.05, 0.1) is 0 Å². The summed E-state index contributed by atoms with van der Waals surface area (Å²) in [6.07, 6.45) is 0.491.